The first-order valence-electron chi connectivity index (χ1n) is 6.82. The fourth-order valence-corrected chi connectivity index (χ4v) is 1.82. The Morgan fingerprint density at radius 2 is 1.56 bits per heavy atom. The second-order valence-electron chi connectivity index (χ2n) is 6.11. The van der Waals surface area contributed by atoms with Gasteiger partial charge < -0.3 is 14.9 Å². The van der Waals surface area contributed by atoms with Gasteiger partial charge in [-0.25, -0.2) is 0 Å². The summed E-state index contributed by atoms with van der Waals surface area (Å²) in [6.45, 7) is 6.90. The van der Waals surface area contributed by atoms with E-state index in [4.69, 9.17) is 5.11 Å². The number of nitrogens with zero attached hydrogens (tertiary/aromatic N) is 2. The summed E-state index contributed by atoms with van der Waals surface area (Å²) in [5, 5.41) is 9.00. The molecular formula is C14H30N2O2. The van der Waals surface area contributed by atoms with Crippen molar-refractivity contribution in [3.8, 4) is 0 Å². The molecule has 0 bridgehead atoms. The molecular weight excluding hydrogens is 228 g/mol. The Morgan fingerprint density at radius 1 is 1.00 bits per heavy atom. The molecule has 0 aromatic rings. The molecule has 0 aliphatic rings. The molecule has 0 atom stereocenters. The lowest BCUT2D eigenvalue weighted by Crippen LogP contribution is -2.26. The van der Waals surface area contributed by atoms with Gasteiger partial charge in [0.05, 0.1) is 5.41 Å². The average Bonchev–Trinajstić information content (AvgIpc) is 2.23. The van der Waals surface area contributed by atoms with E-state index in [-0.39, 0.29) is 0 Å². The Balaban J connectivity index is 3.57. The molecule has 0 saturated heterocycles. The van der Waals surface area contributed by atoms with Crippen molar-refractivity contribution in [1.82, 2.24) is 9.80 Å². The third-order valence-corrected chi connectivity index (χ3v) is 3.32. The van der Waals surface area contributed by atoms with Gasteiger partial charge in [0.2, 0.25) is 0 Å². The van der Waals surface area contributed by atoms with Gasteiger partial charge in [0.1, 0.15) is 0 Å². The van der Waals surface area contributed by atoms with Crippen LogP contribution < -0.4 is 0 Å². The molecule has 0 aromatic heterocycles. The molecule has 4 nitrogen and oxygen atoms in total. The summed E-state index contributed by atoms with van der Waals surface area (Å²) < 4.78 is 0. The largest absolute Gasteiger partial charge is 0.481 e. The van der Waals surface area contributed by atoms with Crippen molar-refractivity contribution in [3.05, 3.63) is 0 Å². The van der Waals surface area contributed by atoms with Crippen molar-refractivity contribution >= 4 is 5.97 Å². The second kappa shape index (κ2) is 8.48. The van der Waals surface area contributed by atoms with Crippen molar-refractivity contribution in [2.24, 2.45) is 5.41 Å². The number of carboxylic acid groups (broad SMARTS) is 1. The molecule has 0 fully saturated rings. The molecule has 0 heterocycles. The van der Waals surface area contributed by atoms with E-state index < -0.39 is 11.4 Å². The SMILES string of the molecule is CN(C)CCCN(C)CCCCC(C)(C)C(=O)O. The highest BCUT2D eigenvalue weighted by atomic mass is 16.4. The van der Waals surface area contributed by atoms with Gasteiger partial charge in [0, 0.05) is 0 Å². The topological polar surface area (TPSA) is 43.8 Å². The molecule has 0 amide bonds. The molecule has 4 heteroatoms. The maximum Gasteiger partial charge on any atom is 0.309 e. The summed E-state index contributed by atoms with van der Waals surface area (Å²) in [5.41, 5.74) is -0.580. The average molecular weight is 258 g/mol. The molecule has 1 N–H and O–H groups in total. The van der Waals surface area contributed by atoms with Crippen molar-refractivity contribution in [2.45, 2.75) is 39.5 Å². The van der Waals surface area contributed by atoms with Gasteiger partial charge in [0.25, 0.3) is 0 Å². The standard InChI is InChI=1S/C14H30N2O2/c1-14(2,13(17)18)9-6-7-11-16(5)12-8-10-15(3)4/h6-12H2,1-5H3,(H,17,18). The quantitative estimate of drug-likeness (QED) is 0.610. The maximum absolute atomic E-state index is 10.9. The molecule has 0 radical (unpaired) electrons. The lowest BCUT2D eigenvalue weighted by molar-refractivity contribution is -0.147. The van der Waals surface area contributed by atoms with Crippen LogP contribution in [0, 0.1) is 5.41 Å². The molecule has 0 saturated carbocycles. The van der Waals surface area contributed by atoms with Crippen LogP contribution in [0.4, 0.5) is 0 Å². The van der Waals surface area contributed by atoms with Gasteiger partial charge >= 0.3 is 5.97 Å². The van der Waals surface area contributed by atoms with E-state index >= 15 is 0 Å². The van der Waals surface area contributed by atoms with Gasteiger partial charge in [0.15, 0.2) is 0 Å². The minimum Gasteiger partial charge on any atom is -0.481 e. The highest BCUT2D eigenvalue weighted by Crippen LogP contribution is 2.23. The van der Waals surface area contributed by atoms with Gasteiger partial charge in [-0.05, 0) is 73.9 Å². The fourth-order valence-electron chi connectivity index (χ4n) is 1.82. The Labute approximate surface area is 112 Å². The predicted molar refractivity (Wildman–Crippen MR) is 75.9 cm³/mol. The predicted octanol–water partition coefficient (Wildman–Crippen LogP) is 2.15. The third kappa shape index (κ3) is 8.48. The minimum atomic E-state index is -0.693. The summed E-state index contributed by atoms with van der Waals surface area (Å²) >= 11 is 0. The highest BCUT2D eigenvalue weighted by Gasteiger charge is 2.25. The number of hydrogen-bond donors (Lipinski definition) is 1. The van der Waals surface area contributed by atoms with Gasteiger partial charge in [-0.1, -0.05) is 6.42 Å². The number of aliphatic carboxylic acids is 1. The van der Waals surface area contributed by atoms with Crippen LogP contribution in [0.15, 0.2) is 0 Å². The van der Waals surface area contributed by atoms with Crippen molar-refractivity contribution in [2.75, 3.05) is 40.8 Å². The zero-order valence-corrected chi connectivity index (χ0v) is 12.7. The smallest absolute Gasteiger partial charge is 0.309 e. The van der Waals surface area contributed by atoms with Crippen LogP contribution in [0.5, 0.6) is 0 Å². The first-order chi connectivity index (χ1) is 8.25. The van der Waals surface area contributed by atoms with E-state index in [9.17, 15) is 4.79 Å². The number of rotatable bonds is 10. The van der Waals surface area contributed by atoms with E-state index in [1.807, 2.05) is 0 Å². The van der Waals surface area contributed by atoms with E-state index in [0.29, 0.717) is 0 Å². The first kappa shape index (κ1) is 17.4. The van der Waals surface area contributed by atoms with E-state index in [2.05, 4.69) is 30.9 Å². The van der Waals surface area contributed by atoms with Crippen LogP contribution >= 0.6 is 0 Å². The molecule has 108 valence electrons. The zero-order chi connectivity index (χ0) is 14.2. The third-order valence-electron chi connectivity index (χ3n) is 3.32. The van der Waals surface area contributed by atoms with Crippen LogP contribution in [-0.4, -0.2) is 61.7 Å². The molecule has 0 rings (SSSR count). The zero-order valence-electron chi connectivity index (χ0n) is 12.7. The molecule has 0 aliphatic carbocycles. The number of carbonyl (C=O) groups is 1. The number of carboxylic acids is 1. The molecule has 0 unspecified atom stereocenters. The fraction of sp³-hybridized carbons (Fsp3) is 0.929. The summed E-state index contributed by atoms with van der Waals surface area (Å²) in [6, 6.07) is 0. The highest BCUT2D eigenvalue weighted by molar-refractivity contribution is 5.73. The van der Waals surface area contributed by atoms with Crippen molar-refractivity contribution < 1.29 is 9.90 Å². The van der Waals surface area contributed by atoms with Gasteiger partial charge in [-0.2, -0.15) is 0 Å². The summed E-state index contributed by atoms with van der Waals surface area (Å²) in [5.74, 6) is -0.693. The minimum absolute atomic E-state index is 0.580. The van der Waals surface area contributed by atoms with Crippen molar-refractivity contribution in [3.63, 3.8) is 0 Å². The van der Waals surface area contributed by atoms with Gasteiger partial charge in [-0.15, -0.1) is 0 Å². The lowest BCUT2D eigenvalue weighted by Gasteiger charge is -2.21. The Hall–Kier alpha value is -0.610. The number of hydrogen-bond acceptors (Lipinski definition) is 3. The molecule has 0 aliphatic heterocycles. The van der Waals surface area contributed by atoms with Crippen LogP contribution in [0.3, 0.4) is 0 Å². The van der Waals surface area contributed by atoms with Crippen LogP contribution in [0.1, 0.15) is 39.5 Å². The van der Waals surface area contributed by atoms with E-state index in [1.54, 1.807) is 13.8 Å². The second-order valence-corrected chi connectivity index (χ2v) is 6.11. The van der Waals surface area contributed by atoms with E-state index in [0.717, 1.165) is 38.9 Å². The van der Waals surface area contributed by atoms with E-state index in [1.165, 1.54) is 6.42 Å². The first-order valence-corrected chi connectivity index (χ1v) is 6.82. The maximum atomic E-state index is 10.9. The van der Waals surface area contributed by atoms with Crippen molar-refractivity contribution in [1.29, 1.82) is 0 Å². The Bertz CT molecular complexity index is 240. The molecule has 0 aromatic carbocycles. The molecule has 0 spiro atoms. The Morgan fingerprint density at radius 3 is 2.06 bits per heavy atom. The molecule has 18 heavy (non-hydrogen) atoms. The number of unbranched alkanes of at least 4 members (excludes halogenated alkanes) is 1. The van der Waals surface area contributed by atoms with Crippen LogP contribution in [0.2, 0.25) is 0 Å². The normalized spacial score (nSPS) is 12.4. The monoisotopic (exact) mass is 258 g/mol. The summed E-state index contributed by atoms with van der Waals surface area (Å²) in [7, 11) is 6.32. The lowest BCUT2D eigenvalue weighted by atomic mass is 9.87. The summed E-state index contributed by atoms with van der Waals surface area (Å²) in [6.07, 6.45) is 4.00. The van der Waals surface area contributed by atoms with Crippen LogP contribution in [-0.2, 0) is 4.79 Å². The van der Waals surface area contributed by atoms with Gasteiger partial charge in [-0.3, -0.25) is 4.79 Å². The summed E-state index contributed by atoms with van der Waals surface area (Å²) in [4.78, 5) is 15.5. The Kier molecular flexibility index (Phi) is 8.20. The van der Waals surface area contributed by atoms with Crippen LogP contribution in [0.25, 0.3) is 0 Å².